The molecule has 1 aliphatic heterocycles. The standard InChI is InChI=1S/C46H67N3O6/c1-3-5-7-9-11-13-29-49(30-14-12-10-8-6-4-2)34-42-32-43(39-23-21-36(35-50)22-24-39)55-46(54-42)40-27-25-38(26-28-40)41-18-15-17-37(31-41)33-47-44(51)19-16-20-45(52)48-53/h15,17-18,21-28,31,42-43,46,50,53H,3-14,16,19-20,29-30,32-35H2,1-2H3,(H,47,51)(H,48,52)/t42-,43+,46+/m1/s1. The summed E-state index contributed by atoms with van der Waals surface area (Å²) in [6.07, 6.45) is 16.3. The normalized spacial score (nSPS) is 17.0. The summed E-state index contributed by atoms with van der Waals surface area (Å²) in [6.45, 7) is 8.03. The van der Waals surface area contributed by atoms with Gasteiger partial charge in [0.2, 0.25) is 11.8 Å². The van der Waals surface area contributed by atoms with Crippen molar-refractivity contribution >= 4 is 11.8 Å². The number of nitrogens with one attached hydrogen (secondary N) is 2. The summed E-state index contributed by atoms with van der Waals surface area (Å²) >= 11 is 0. The lowest BCUT2D eigenvalue weighted by Gasteiger charge is -2.38. The van der Waals surface area contributed by atoms with Crippen LogP contribution in [0.5, 0.6) is 0 Å². The minimum Gasteiger partial charge on any atom is -0.392 e. The molecule has 1 fully saturated rings. The van der Waals surface area contributed by atoms with E-state index in [4.69, 9.17) is 14.7 Å². The molecule has 0 radical (unpaired) electrons. The molecule has 0 unspecified atom stereocenters. The molecule has 3 aromatic carbocycles. The van der Waals surface area contributed by atoms with Gasteiger partial charge in [-0.1, -0.05) is 145 Å². The fraction of sp³-hybridized carbons (Fsp3) is 0.565. The number of aliphatic hydroxyl groups is 1. The molecule has 0 saturated carbocycles. The third-order valence-electron chi connectivity index (χ3n) is 10.6. The zero-order valence-electron chi connectivity index (χ0n) is 33.5. The fourth-order valence-corrected chi connectivity index (χ4v) is 7.29. The van der Waals surface area contributed by atoms with Crippen LogP contribution in [0.15, 0.2) is 72.8 Å². The van der Waals surface area contributed by atoms with Gasteiger partial charge in [0.25, 0.3) is 0 Å². The predicted octanol–water partition coefficient (Wildman–Crippen LogP) is 9.71. The Bertz CT molecular complexity index is 1500. The lowest BCUT2D eigenvalue weighted by molar-refractivity contribution is -0.253. The Kier molecular flexibility index (Phi) is 20.5. The minimum atomic E-state index is -0.509. The highest BCUT2D eigenvalue weighted by Gasteiger charge is 2.33. The first-order chi connectivity index (χ1) is 26.9. The van der Waals surface area contributed by atoms with Gasteiger partial charge in [0, 0.05) is 37.9 Å². The molecule has 1 aliphatic rings. The van der Waals surface area contributed by atoms with E-state index in [2.05, 4.69) is 72.6 Å². The molecule has 1 saturated heterocycles. The van der Waals surface area contributed by atoms with E-state index >= 15 is 0 Å². The lowest BCUT2D eigenvalue weighted by Crippen LogP contribution is -2.40. The first-order valence-corrected chi connectivity index (χ1v) is 21.0. The molecule has 4 N–H and O–H groups in total. The van der Waals surface area contributed by atoms with Gasteiger partial charge in [0.1, 0.15) is 0 Å². The van der Waals surface area contributed by atoms with E-state index < -0.39 is 12.2 Å². The highest BCUT2D eigenvalue weighted by molar-refractivity contribution is 5.78. The molecular formula is C46H67N3O6. The van der Waals surface area contributed by atoms with Crippen LogP contribution in [0.2, 0.25) is 0 Å². The maximum absolute atomic E-state index is 12.3. The molecule has 1 heterocycles. The number of ether oxygens (including phenoxy) is 2. The first-order valence-electron chi connectivity index (χ1n) is 21.0. The van der Waals surface area contributed by atoms with Crippen LogP contribution in [0.1, 0.15) is 151 Å². The van der Waals surface area contributed by atoms with E-state index in [-0.39, 0.29) is 37.6 Å². The molecule has 3 aromatic rings. The van der Waals surface area contributed by atoms with E-state index in [1.165, 1.54) is 77.0 Å². The summed E-state index contributed by atoms with van der Waals surface area (Å²) in [5, 5.41) is 21.2. The van der Waals surface area contributed by atoms with Crippen molar-refractivity contribution in [2.45, 2.75) is 148 Å². The Balaban J connectivity index is 1.43. The number of hydrogen-bond acceptors (Lipinski definition) is 7. The number of hydrogen-bond donors (Lipinski definition) is 4. The van der Waals surface area contributed by atoms with Crippen molar-refractivity contribution in [3.8, 4) is 11.1 Å². The van der Waals surface area contributed by atoms with Crippen LogP contribution in [-0.2, 0) is 32.2 Å². The van der Waals surface area contributed by atoms with Crippen molar-refractivity contribution in [1.82, 2.24) is 15.7 Å². The van der Waals surface area contributed by atoms with Gasteiger partial charge in [0.05, 0.1) is 18.8 Å². The third-order valence-corrected chi connectivity index (χ3v) is 10.6. The number of nitrogens with zero attached hydrogens (tertiary/aromatic N) is 1. The largest absolute Gasteiger partial charge is 0.392 e. The molecule has 302 valence electrons. The number of rotatable bonds is 26. The number of hydroxylamine groups is 1. The highest BCUT2D eigenvalue weighted by Crippen LogP contribution is 2.39. The number of benzene rings is 3. The number of carbonyl (C=O) groups excluding carboxylic acids is 2. The zero-order chi connectivity index (χ0) is 39.1. The van der Waals surface area contributed by atoms with E-state index in [9.17, 15) is 14.7 Å². The number of aliphatic hydroxyl groups excluding tert-OH is 1. The van der Waals surface area contributed by atoms with Crippen molar-refractivity contribution in [3.05, 3.63) is 95.1 Å². The molecule has 3 atom stereocenters. The Morgan fingerprint density at radius 2 is 1.31 bits per heavy atom. The van der Waals surface area contributed by atoms with Gasteiger partial charge in [-0.2, -0.15) is 0 Å². The van der Waals surface area contributed by atoms with Crippen LogP contribution in [0, 0.1) is 0 Å². The molecule has 4 rings (SSSR count). The minimum absolute atomic E-state index is 0.0138. The topological polar surface area (TPSA) is 120 Å². The van der Waals surface area contributed by atoms with Gasteiger partial charge < -0.3 is 24.8 Å². The van der Waals surface area contributed by atoms with Gasteiger partial charge in [0.15, 0.2) is 6.29 Å². The van der Waals surface area contributed by atoms with Crippen LogP contribution in [-0.4, -0.2) is 52.8 Å². The predicted molar refractivity (Wildman–Crippen MR) is 219 cm³/mol. The van der Waals surface area contributed by atoms with Crippen molar-refractivity contribution in [2.24, 2.45) is 0 Å². The second-order valence-electron chi connectivity index (χ2n) is 15.2. The monoisotopic (exact) mass is 758 g/mol. The second-order valence-corrected chi connectivity index (χ2v) is 15.2. The average Bonchev–Trinajstić information content (AvgIpc) is 3.22. The number of carbonyl (C=O) groups is 2. The average molecular weight is 758 g/mol. The van der Waals surface area contributed by atoms with Crippen molar-refractivity contribution < 1.29 is 29.4 Å². The Morgan fingerprint density at radius 3 is 1.95 bits per heavy atom. The fourth-order valence-electron chi connectivity index (χ4n) is 7.29. The van der Waals surface area contributed by atoms with Crippen LogP contribution in [0.3, 0.4) is 0 Å². The van der Waals surface area contributed by atoms with Gasteiger partial charge in [-0.15, -0.1) is 0 Å². The van der Waals surface area contributed by atoms with E-state index in [1.807, 2.05) is 24.3 Å². The van der Waals surface area contributed by atoms with Crippen LogP contribution < -0.4 is 10.8 Å². The third kappa shape index (κ3) is 16.2. The van der Waals surface area contributed by atoms with Gasteiger partial charge in [-0.05, 0) is 66.2 Å². The van der Waals surface area contributed by atoms with Crippen LogP contribution in [0.4, 0.5) is 0 Å². The molecule has 55 heavy (non-hydrogen) atoms. The zero-order valence-corrected chi connectivity index (χ0v) is 33.5. The molecule has 9 heteroatoms. The summed E-state index contributed by atoms with van der Waals surface area (Å²) in [5.41, 5.74) is 7.63. The molecule has 0 spiro atoms. The van der Waals surface area contributed by atoms with Crippen molar-refractivity contribution in [2.75, 3.05) is 19.6 Å². The van der Waals surface area contributed by atoms with Crippen LogP contribution >= 0.6 is 0 Å². The Labute approximate surface area is 330 Å². The number of unbranched alkanes of at least 4 members (excludes halogenated alkanes) is 10. The van der Waals surface area contributed by atoms with Crippen molar-refractivity contribution in [1.29, 1.82) is 0 Å². The second kappa shape index (κ2) is 25.5. The highest BCUT2D eigenvalue weighted by atomic mass is 16.7. The maximum atomic E-state index is 12.3. The van der Waals surface area contributed by atoms with E-state index in [1.54, 1.807) is 5.48 Å². The van der Waals surface area contributed by atoms with Crippen LogP contribution in [0.25, 0.3) is 11.1 Å². The van der Waals surface area contributed by atoms with Crippen molar-refractivity contribution in [3.63, 3.8) is 0 Å². The molecular weight excluding hydrogens is 691 g/mol. The summed E-state index contributed by atoms with van der Waals surface area (Å²) in [4.78, 5) is 26.2. The summed E-state index contributed by atoms with van der Waals surface area (Å²) in [6, 6.07) is 24.6. The lowest BCUT2D eigenvalue weighted by atomic mass is 9.98. The van der Waals surface area contributed by atoms with Gasteiger partial charge in [-0.3, -0.25) is 14.8 Å². The number of amides is 2. The summed E-state index contributed by atoms with van der Waals surface area (Å²) in [5.74, 6) is -0.632. The Morgan fingerprint density at radius 1 is 0.691 bits per heavy atom. The summed E-state index contributed by atoms with van der Waals surface area (Å²) < 4.78 is 13.5. The maximum Gasteiger partial charge on any atom is 0.243 e. The first kappa shape index (κ1) is 44.1. The smallest absolute Gasteiger partial charge is 0.243 e. The quantitative estimate of drug-likeness (QED) is 0.0366. The summed E-state index contributed by atoms with van der Waals surface area (Å²) in [7, 11) is 0. The SMILES string of the molecule is CCCCCCCCN(CCCCCCCC)C[C@H]1C[C@@H](c2ccc(CO)cc2)O[C@@H](c2ccc(-c3cccc(CNC(=O)CCCC(=O)NO)c3)cc2)O1. The molecule has 0 aromatic heterocycles. The molecule has 9 nitrogen and oxygen atoms in total. The molecule has 0 aliphatic carbocycles. The van der Waals surface area contributed by atoms with Gasteiger partial charge in [-0.25, -0.2) is 5.48 Å². The van der Waals surface area contributed by atoms with E-state index in [0.717, 1.165) is 59.4 Å². The Hall–Kier alpha value is -3.60. The van der Waals surface area contributed by atoms with Gasteiger partial charge >= 0.3 is 0 Å². The van der Waals surface area contributed by atoms with E-state index in [0.29, 0.717) is 13.0 Å². The molecule has 0 bridgehead atoms. The molecule has 2 amide bonds.